The van der Waals surface area contributed by atoms with E-state index >= 15 is 0 Å². The van der Waals surface area contributed by atoms with Gasteiger partial charge in [0.25, 0.3) is 0 Å². The molecule has 0 bridgehead atoms. The molecule has 1 aliphatic carbocycles. The van der Waals surface area contributed by atoms with Crippen molar-refractivity contribution in [1.82, 2.24) is 0 Å². The molecular formula is C13H9IrN-2. The maximum atomic E-state index is 4.46. The second-order valence-corrected chi connectivity index (χ2v) is 3.43. The molecule has 0 saturated heterocycles. The number of benzene rings is 1. The van der Waals surface area contributed by atoms with E-state index in [0.717, 1.165) is 0 Å². The Bertz CT molecular complexity index is 457. The quantitative estimate of drug-likeness (QED) is 0.621. The van der Waals surface area contributed by atoms with E-state index in [-0.39, 0.29) is 26.1 Å². The predicted molar refractivity (Wildman–Crippen MR) is 57.6 cm³/mol. The largest absolute Gasteiger partial charge is 0.682 e. The number of rotatable bonds is 0. The Labute approximate surface area is 103 Å². The van der Waals surface area contributed by atoms with E-state index in [1.54, 1.807) is 0 Å². The molecule has 0 saturated carbocycles. The molecule has 2 heteroatoms. The number of allylic oxidation sites excluding steroid dienone is 2. The Kier molecular flexibility index (Phi) is 2.90. The average molecular weight is 371 g/mol. The molecule has 3 rings (SSSR count). The number of hydrogen-bond acceptors (Lipinski definition) is 0. The zero-order valence-corrected chi connectivity index (χ0v) is 10.4. The predicted octanol–water partition coefficient (Wildman–Crippen LogP) is 3.38. The van der Waals surface area contributed by atoms with Gasteiger partial charge in [-0.1, -0.05) is 29.8 Å². The van der Waals surface area contributed by atoms with Gasteiger partial charge in [0.1, 0.15) is 0 Å². The Hall–Kier alpha value is -1.11. The monoisotopic (exact) mass is 372 g/mol. The van der Waals surface area contributed by atoms with Gasteiger partial charge in [-0.15, -0.1) is 11.6 Å². The van der Waals surface area contributed by atoms with Crippen molar-refractivity contribution in [3.63, 3.8) is 0 Å². The molecule has 1 aliphatic heterocycles. The summed E-state index contributed by atoms with van der Waals surface area (Å²) in [7, 11) is 0. The summed E-state index contributed by atoms with van der Waals surface area (Å²) in [6, 6.07) is 9.50. The minimum absolute atomic E-state index is 0. The second kappa shape index (κ2) is 4.18. The molecule has 0 N–H and O–H groups in total. The van der Waals surface area contributed by atoms with E-state index < -0.39 is 0 Å². The SMILES string of the molecule is [Ir].[c-]1cccc2c1C1[N-]C=CC=C1C=C2. The molecule has 0 spiro atoms. The summed E-state index contributed by atoms with van der Waals surface area (Å²) >= 11 is 0. The first kappa shape index (κ1) is 10.4. The van der Waals surface area contributed by atoms with Crippen LogP contribution in [0.1, 0.15) is 17.2 Å². The van der Waals surface area contributed by atoms with Crippen molar-refractivity contribution in [1.29, 1.82) is 0 Å². The Morgan fingerprint density at radius 1 is 1.27 bits per heavy atom. The number of fused-ring (bicyclic) bond motifs is 3. The maximum absolute atomic E-state index is 4.46. The summed E-state index contributed by atoms with van der Waals surface area (Å²) in [4.78, 5) is 0. The van der Waals surface area contributed by atoms with Crippen LogP contribution in [0.2, 0.25) is 0 Å². The van der Waals surface area contributed by atoms with E-state index in [4.69, 9.17) is 0 Å². The molecule has 1 aromatic carbocycles. The van der Waals surface area contributed by atoms with Crippen molar-refractivity contribution < 1.29 is 20.1 Å². The van der Waals surface area contributed by atoms with Crippen LogP contribution in [-0.2, 0) is 20.1 Å². The number of nitrogens with zero attached hydrogens (tertiary/aromatic N) is 1. The minimum Gasteiger partial charge on any atom is -0.682 e. The van der Waals surface area contributed by atoms with E-state index in [1.165, 1.54) is 16.7 Å². The van der Waals surface area contributed by atoms with Gasteiger partial charge in [0.15, 0.2) is 0 Å². The third-order valence-electron chi connectivity index (χ3n) is 2.58. The molecule has 1 atom stereocenters. The maximum Gasteiger partial charge on any atom is 0 e. The second-order valence-electron chi connectivity index (χ2n) is 3.43. The molecule has 0 amide bonds. The first-order valence-electron chi connectivity index (χ1n) is 4.70. The fourth-order valence-corrected chi connectivity index (χ4v) is 1.89. The van der Waals surface area contributed by atoms with Crippen LogP contribution in [0.15, 0.2) is 48.2 Å². The van der Waals surface area contributed by atoms with Gasteiger partial charge in [-0.3, -0.25) is 0 Å². The van der Waals surface area contributed by atoms with Gasteiger partial charge < -0.3 is 5.32 Å². The Balaban J connectivity index is 0.000000853. The molecule has 1 radical (unpaired) electrons. The van der Waals surface area contributed by atoms with Gasteiger partial charge in [-0.2, -0.15) is 36.0 Å². The minimum atomic E-state index is 0. The molecule has 1 heterocycles. The van der Waals surface area contributed by atoms with Crippen LogP contribution < -0.4 is 0 Å². The molecule has 1 aromatic rings. The smallest absolute Gasteiger partial charge is 0 e. The fraction of sp³-hybridized carbons (Fsp3) is 0.0769. The van der Waals surface area contributed by atoms with Gasteiger partial charge >= 0.3 is 0 Å². The summed E-state index contributed by atoms with van der Waals surface area (Å²) < 4.78 is 0. The molecular weight excluding hydrogens is 362 g/mol. The first-order chi connectivity index (χ1) is 6.95. The van der Waals surface area contributed by atoms with E-state index in [0.29, 0.717) is 0 Å². The van der Waals surface area contributed by atoms with E-state index in [1.807, 2.05) is 24.4 Å². The zero-order valence-electron chi connectivity index (χ0n) is 7.98. The molecule has 1 unspecified atom stereocenters. The Morgan fingerprint density at radius 2 is 2.20 bits per heavy atom. The third kappa shape index (κ3) is 1.71. The van der Waals surface area contributed by atoms with Gasteiger partial charge in [-0.05, 0) is 0 Å². The van der Waals surface area contributed by atoms with Crippen LogP contribution in [0, 0.1) is 6.07 Å². The Morgan fingerprint density at radius 3 is 3.13 bits per heavy atom. The van der Waals surface area contributed by atoms with Gasteiger partial charge in [0.2, 0.25) is 0 Å². The van der Waals surface area contributed by atoms with Crippen LogP contribution in [0.25, 0.3) is 11.4 Å². The summed E-state index contributed by atoms with van der Waals surface area (Å²) in [6.45, 7) is 0. The molecule has 0 fully saturated rings. The molecule has 77 valence electrons. The standard InChI is InChI=1S/C13H9N.Ir/c1-2-6-12-10(4-1)7-8-11-5-3-9-14-13(11)12;/h1-5,7-9,13H;/q-2;. The van der Waals surface area contributed by atoms with Crippen LogP contribution in [0.4, 0.5) is 0 Å². The van der Waals surface area contributed by atoms with Crippen molar-refractivity contribution >= 4 is 6.08 Å². The fourth-order valence-electron chi connectivity index (χ4n) is 1.89. The van der Waals surface area contributed by atoms with Crippen LogP contribution in [0.3, 0.4) is 0 Å². The van der Waals surface area contributed by atoms with Crippen LogP contribution >= 0.6 is 0 Å². The van der Waals surface area contributed by atoms with Gasteiger partial charge in [-0.25, -0.2) is 0 Å². The van der Waals surface area contributed by atoms with Crippen molar-refractivity contribution in [3.05, 3.63) is 70.7 Å². The van der Waals surface area contributed by atoms with Crippen molar-refractivity contribution in [3.8, 4) is 0 Å². The van der Waals surface area contributed by atoms with Crippen LogP contribution in [0.5, 0.6) is 0 Å². The van der Waals surface area contributed by atoms with E-state index in [9.17, 15) is 0 Å². The third-order valence-corrected chi connectivity index (χ3v) is 2.58. The molecule has 2 aliphatic rings. The topological polar surface area (TPSA) is 14.1 Å². The molecule has 0 aromatic heterocycles. The van der Waals surface area contributed by atoms with Crippen molar-refractivity contribution in [2.45, 2.75) is 6.04 Å². The summed E-state index contributed by atoms with van der Waals surface area (Å²) in [6.07, 6.45) is 10.2. The van der Waals surface area contributed by atoms with Crippen molar-refractivity contribution in [2.24, 2.45) is 0 Å². The molecule has 1 nitrogen and oxygen atoms in total. The zero-order chi connectivity index (χ0) is 9.38. The van der Waals surface area contributed by atoms with Crippen molar-refractivity contribution in [2.75, 3.05) is 0 Å². The normalized spacial score (nSPS) is 20.5. The van der Waals surface area contributed by atoms with E-state index in [2.05, 4.69) is 35.7 Å². The van der Waals surface area contributed by atoms with Crippen LogP contribution in [-0.4, -0.2) is 0 Å². The van der Waals surface area contributed by atoms with Gasteiger partial charge in [0, 0.05) is 20.1 Å². The molecule has 15 heavy (non-hydrogen) atoms. The first-order valence-corrected chi connectivity index (χ1v) is 4.70. The number of hydrogen-bond donors (Lipinski definition) is 0. The average Bonchev–Trinajstić information content (AvgIpc) is 2.29. The summed E-state index contributed by atoms with van der Waals surface area (Å²) in [5.74, 6) is 0. The summed E-state index contributed by atoms with van der Waals surface area (Å²) in [5, 5.41) is 4.46. The van der Waals surface area contributed by atoms with Gasteiger partial charge in [0.05, 0.1) is 0 Å². The summed E-state index contributed by atoms with van der Waals surface area (Å²) in [5.41, 5.74) is 3.67.